The predicted molar refractivity (Wildman–Crippen MR) is 83.0 cm³/mol. The Morgan fingerprint density at radius 2 is 2.19 bits per heavy atom. The summed E-state index contributed by atoms with van der Waals surface area (Å²) in [5, 5.41) is 6.09. The fourth-order valence-electron chi connectivity index (χ4n) is 2.54. The van der Waals surface area contributed by atoms with Crippen molar-refractivity contribution in [1.82, 2.24) is 15.2 Å². The maximum atomic E-state index is 6.01. The first-order chi connectivity index (χ1) is 10.1. The molecule has 0 aliphatic rings. The van der Waals surface area contributed by atoms with E-state index in [0.29, 0.717) is 5.02 Å². The molecule has 0 saturated heterocycles. The molecule has 0 saturated carbocycles. The molecule has 0 amide bonds. The number of rotatable bonds is 4. The van der Waals surface area contributed by atoms with E-state index in [4.69, 9.17) is 21.9 Å². The highest BCUT2D eigenvalue weighted by atomic mass is 35.5. The lowest BCUT2D eigenvalue weighted by atomic mass is 10.1. The summed E-state index contributed by atoms with van der Waals surface area (Å²) in [5.41, 5.74) is 5.52. The fraction of sp³-hybridized carbons (Fsp3) is 0.267. The standard InChI is InChI=1S/C15H17ClN4O/c1-3-20-12(6-9(2)19-20)15(18-17)14-8-10-7-11(16)4-5-13(10)21-14/h4-8,15,18H,3,17H2,1-2H3. The second kappa shape index (κ2) is 5.52. The average molecular weight is 305 g/mol. The van der Waals surface area contributed by atoms with Gasteiger partial charge in [-0.15, -0.1) is 0 Å². The molecule has 21 heavy (non-hydrogen) atoms. The van der Waals surface area contributed by atoms with Crippen molar-refractivity contribution >= 4 is 22.6 Å². The number of fused-ring (bicyclic) bond motifs is 1. The van der Waals surface area contributed by atoms with E-state index in [1.54, 1.807) is 0 Å². The van der Waals surface area contributed by atoms with Crippen LogP contribution in [0.4, 0.5) is 0 Å². The van der Waals surface area contributed by atoms with E-state index in [0.717, 1.165) is 34.7 Å². The van der Waals surface area contributed by atoms with Gasteiger partial charge in [0.15, 0.2) is 0 Å². The number of halogens is 1. The third-order valence-electron chi connectivity index (χ3n) is 3.48. The predicted octanol–water partition coefficient (Wildman–Crippen LogP) is 3.16. The van der Waals surface area contributed by atoms with Crippen molar-refractivity contribution in [2.75, 3.05) is 0 Å². The molecule has 110 valence electrons. The molecule has 3 aromatic rings. The van der Waals surface area contributed by atoms with Gasteiger partial charge in [0.1, 0.15) is 17.4 Å². The molecule has 0 fully saturated rings. The highest BCUT2D eigenvalue weighted by Gasteiger charge is 2.21. The Morgan fingerprint density at radius 1 is 1.38 bits per heavy atom. The Labute approximate surface area is 127 Å². The van der Waals surface area contributed by atoms with Crippen LogP contribution in [0.3, 0.4) is 0 Å². The monoisotopic (exact) mass is 304 g/mol. The van der Waals surface area contributed by atoms with Crippen molar-refractivity contribution in [3.63, 3.8) is 0 Å². The van der Waals surface area contributed by atoms with Gasteiger partial charge in [0, 0.05) is 17.0 Å². The molecule has 0 bridgehead atoms. The number of nitrogens with two attached hydrogens (primary N) is 1. The van der Waals surface area contributed by atoms with Crippen LogP contribution in [0, 0.1) is 6.92 Å². The molecule has 2 heterocycles. The molecular formula is C15H17ClN4O. The highest BCUT2D eigenvalue weighted by molar-refractivity contribution is 6.31. The van der Waals surface area contributed by atoms with Crippen molar-refractivity contribution in [2.45, 2.75) is 26.4 Å². The number of hydrazine groups is 1. The molecule has 3 rings (SSSR count). The number of benzene rings is 1. The summed E-state index contributed by atoms with van der Waals surface area (Å²) in [7, 11) is 0. The lowest BCUT2D eigenvalue weighted by Crippen LogP contribution is -2.30. The first-order valence-corrected chi connectivity index (χ1v) is 7.19. The number of hydrogen-bond acceptors (Lipinski definition) is 4. The zero-order valence-corrected chi connectivity index (χ0v) is 12.7. The zero-order valence-electron chi connectivity index (χ0n) is 11.9. The van der Waals surface area contributed by atoms with Crippen LogP contribution in [0.25, 0.3) is 11.0 Å². The number of nitrogens with zero attached hydrogens (tertiary/aromatic N) is 2. The van der Waals surface area contributed by atoms with Crippen molar-refractivity contribution < 1.29 is 4.42 Å². The Morgan fingerprint density at radius 3 is 2.90 bits per heavy atom. The van der Waals surface area contributed by atoms with Crippen LogP contribution in [0.5, 0.6) is 0 Å². The lowest BCUT2D eigenvalue weighted by Gasteiger charge is -2.14. The van der Waals surface area contributed by atoms with Crippen molar-refractivity contribution in [3.8, 4) is 0 Å². The molecule has 0 aliphatic carbocycles. The molecule has 0 radical (unpaired) electrons. The molecule has 2 aromatic heterocycles. The minimum atomic E-state index is -0.252. The van der Waals surface area contributed by atoms with E-state index >= 15 is 0 Å². The molecular weight excluding hydrogens is 288 g/mol. The van der Waals surface area contributed by atoms with Crippen LogP contribution in [0.15, 0.2) is 34.7 Å². The van der Waals surface area contributed by atoms with Gasteiger partial charge >= 0.3 is 0 Å². The molecule has 3 N–H and O–H groups in total. The van der Waals surface area contributed by atoms with Crippen LogP contribution in [0.2, 0.25) is 5.02 Å². The summed E-state index contributed by atoms with van der Waals surface area (Å²) in [6.45, 7) is 4.77. The normalized spacial score (nSPS) is 13.0. The molecule has 0 aliphatic heterocycles. The zero-order chi connectivity index (χ0) is 15.0. The van der Waals surface area contributed by atoms with Gasteiger partial charge in [-0.05, 0) is 44.2 Å². The Hall–Kier alpha value is -1.82. The van der Waals surface area contributed by atoms with Gasteiger partial charge in [-0.25, -0.2) is 5.43 Å². The summed E-state index contributed by atoms with van der Waals surface area (Å²) < 4.78 is 7.81. The molecule has 5 nitrogen and oxygen atoms in total. The average Bonchev–Trinajstić information content (AvgIpc) is 3.03. The molecule has 1 aromatic carbocycles. The van der Waals surface area contributed by atoms with E-state index in [1.165, 1.54) is 0 Å². The number of aryl methyl sites for hydroxylation is 2. The second-order valence-corrected chi connectivity index (χ2v) is 5.39. The van der Waals surface area contributed by atoms with E-state index in [-0.39, 0.29) is 6.04 Å². The first-order valence-electron chi connectivity index (χ1n) is 6.82. The van der Waals surface area contributed by atoms with Crippen molar-refractivity contribution in [3.05, 3.63) is 52.5 Å². The summed E-state index contributed by atoms with van der Waals surface area (Å²) in [6.07, 6.45) is 0. The van der Waals surface area contributed by atoms with Gasteiger partial charge in [-0.1, -0.05) is 11.6 Å². The van der Waals surface area contributed by atoms with Gasteiger partial charge in [-0.3, -0.25) is 10.5 Å². The van der Waals surface area contributed by atoms with E-state index in [9.17, 15) is 0 Å². The topological polar surface area (TPSA) is 69.0 Å². The number of hydrogen-bond donors (Lipinski definition) is 2. The largest absolute Gasteiger partial charge is 0.459 e. The maximum Gasteiger partial charge on any atom is 0.134 e. The quantitative estimate of drug-likeness (QED) is 0.574. The second-order valence-electron chi connectivity index (χ2n) is 4.96. The van der Waals surface area contributed by atoms with Crippen LogP contribution >= 0.6 is 11.6 Å². The van der Waals surface area contributed by atoms with Gasteiger partial charge in [0.2, 0.25) is 0 Å². The van der Waals surface area contributed by atoms with Gasteiger partial charge < -0.3 is 4.42 Å². The van der Waals surface area contributed by atoms with Gasteiger partial charge in [0.25, 0.3) is 0 Å². The van der Waals surface area contributed by atoms with Gasteiger partial charge in [-0.2, -0.15) is 5.10 Å². The Kier molecular flexibility index (Phi) is 3.71. The smallest absolute Gasteiger partial charge is 0.134 e. The van der Waals surface area contributed by atoms with Crippen molar-refractivity contribution in [2.24, 2.45) is 5.84 Å². The van der Waals surface area contributed by atoms with Crippen molar-refractivity contribution in [1.29, 1.82) is 0 Å². The van der Waals surface area contributed by atoms with E-state index in [1.807, 2.05) is 48.9 Å². The molecule has 1 unspecified atom stereocenters. The minimum Gasteiger partial charge on any atom is -0.459 e. The first kappa shape index (κ1) is 14.1. The number of nitrogens with one attached hydrogen (secondary N) is 1. The third kappa shape index (κ3) is 2.55. The minimum absolute atomic E-state index is 0.252. The highest BCUT2D eigenvalue weighted by Crippen LogP contribution is 2.29. The fourth-order valence-corrected chi connectivity index (χ4v) is 2.72. The summed E-state index contributed by atoms with van der Waals surface area (Å²) in [4.78, 5) is 0. The Balaban J connectivity index is 2.08. The van der Waals surface area contributed by atoms with Crippen LogP contribution in [-0.4, -0.2) is 9.78 Å². The van der Waals surface area contributed by atoms with Crippen LogP contribution < -0.4 is 11.3 Å². The maximum absolute atomic E-state index is 6.01. The summed E-state index contributed by atoms with van der Waals surface area (Å²) >= 11 is 6.01. The van der Waals surface area contributed by atoms with Crippen LogP contribution in [-0.2, 0) is 6.54 Å². The summed E-state index contributed by atoms with van der Waals surface area (Å²) in [6, 6.07) is 9.25. The van der Waals surface area contributed by atoms with Gasteiger partial charge in [0.05, 0.1) is 11.4 Å². The third-order valence-corrected chi connectivity index (χ3v) is 3.71. The lowest BCUT2D eigenvalue weighted by molar-refractivity contribution is 0.451. The molecule has 1 atom stereocenters. The summed E-state index contributed by atoms with van der Waals surface area (Å²) in [5.74, 6) is 6.48. The number of aromatic nitrogens is 2. The SMILES string of the molecule is CCn1nc(C)cc1C(NN)c1cc2cc(Cl)ccc2o1. The molecule has 0 spiro atoms. The molecule has 6 heteroatoms. The van der Waals surface area contributed by atoms with E-state index < -0.39 is 0 Å². The number of furan rings is 1. The Bertz CT molecular complexity index is 777. The van der Waals surface area contributed by atoms with E-state index in [2.05, 4.69) is 10.5 Å². The van der Waals surface area contributed by atoms with Crippen LogP contribution in [0.1, 0.15) is 30.1 Å².